The first-order valence-corrected chi connectivity index (χ1v) is 5.55. The van der Waals surface area contributed by atoms with Crippen LogP contribution in [-0.4, -0.2) is 18.6 Å². The fourth-order valence-electron chi connectivity index (χ4n) is 2.15. The average Bonchev–Trinajstić information content (AvgIpc) is 2.96. The van der Waals surface area contributed by atoms with Gasteiger partial charge in [0.2, 0.25) is 5.89 Å². The summed E-state index contributed by atoms with van der Waals surface area (Å²) in [6.45, 7) is 1.04. The van der Waals surface area contributed by atoms with Gasteiger partial charge < -0.3 is 14.5 Å². The lowest BCUT2D eigenvalue weighted by Crippen LogP contribution is -2.12. The number of hydrogen-bond donors (Lipinski definition) is 1. The first-order chi connectivity index (χ1) is 7.88. The Bertz CT molecular complexity index is 501. The zero-order chi connectivity index (χ0) is 11.0. The third-order valence-corrected chi connectivity index (χ3v) is 2.97. The summed E-state index contributed by atoms with van der Waals surface area (Å²) in [6, 6.07) is 6.02. The average molecular weight is 218 g/mol. The summed E-state index contributed by atoms with van der Waals surface area (Å²) in [6.07, 6.45) is 2.27. The summed E-state index contributed by atoms with van der Waals surface area (Å²) in [4.78, 5) is 4.49. The van der Waals surface area contributed by atoms with Crippen LogP contribution in [0.25, 0.3) is 11.1 Å². The van der Waals surface area contributed by atoms with Gasteiger partial charge in [-0.05, 0) is 31.5 Å². The number of rotatable bonds is 2. The predicted octanol–water partition coefficient (Wildman–Crippen LogP) is 2.26. The maximum absolute atomic E-state index is 5.78. The number of ether oxygens (including phenoxy) is 1. The first kappa shape index (κ1) is 9.66. The number of oxazole rings is 1. The fraction of sp³-hybridized carbons (Fsp3) is 0.417. The van der Waals surface area contributed by atoms with Crippen molar-refractivity contribution in [3.63, 3.8) is 0 Å². The Balaban J connectivity index is 2.07. The van der Waals surface area contributed by atoms with Crippen molar-refractivity contribution in [3.05, 3.63) is 24.1 Å². The van der Waals surface area contributed by atoms with E-state index < -0.39 is 0 Å². The Hall–Kier alpha value is -1.55. The van der Waals surface area contributed by atoms with Crippen LogP contribution >= 0.6 is 0 Å². The molecule has 4 nitrogen and oxygen atoms in total. The molecule has 0 bridgehead atoms. The molecule has 84 valence electrons. The molecule has 3 rings (SSSR count). The van der Waals surface area contributed by atoms with Gasteiger partial charge in [0.25, 0.3) is 0 Å². The molecule has 0 saturated carbocycles. The third-order valence-electron chi connectivity index (χ3n) is 2.97. The van der Waals surface area contributed by atoms with Gasteiger partial charge in [-0.3, -0.25) is 0 Å². The number of nitrogens with one attached hydrogen (secondary N) is 1. The van der Waals surface area contributed by atoms with E-state index in [4.69, 9.17) is 9.15 Å². The smallest absolute Gasteiger partial charge is 0.212 e. The van der Waals surface area contributed by atoms with Crippen LogP contribution in [0, 0.1) is 0 Å². The molecule has 0 radical (unpaired) electrons. The Kier molecular flexibility index (Phi) is 2.29. The van der Waals surface area contributed by atoms with Gasteiger partial charge >= 0.3 is 0 Å². The standard InChI is InChI=1S/C12H14N2O2/c1-15-10-6-2-4-8-11(10)16-12(14-8)9-5-3-7-13-9/h2,4,6,9,13H,3,5,7H2,1H3. The monoisotopic (exact) mass is 218 g/mol. The molecule has 2 aromatic rings. The van der Waals surface area contributed by atoms with Crippen LogP contribution in [0.4, 0.5) is 0 Å². The number of fused-ring (bicyclic) bond motifs is 1. The predicted molar refractivity (Wildman–Crippen MR) is 60.5 cm³/mol. The van der Waals surface area contributed by atoms with E-state index >= 15 is 0 Å². The fourth-order valence-corrected chi connectivity index (χ4v) is 2.15. The van der Waals surface area contributed by atoms with Crippen molar-refractivity contribution in [2.45, 2.75) is 18.9 Å². The van der Waals surface area contributed by atoms with Crippen molar-refractivity contribution < 1.29 is 9.15 Å². The van der Waals surface area contributed by atoms with E-state index in [2.05, 4.69) is 10.3 Å². The summed E-state index contributed by atoms with van der Waals surface area (Å²) in [5, 5.41) is 3.37. The maximum Gasteiger partial charge on any atom is 0.212 e. The van der Waals surface area contributed by atoms with Crippen LogP contribution in [0.2, 0.25) is 0 Å². The molecule has 1 atom stereocenters. The van der Waals surface area contributed by atoms with Gasteiger partial charge in [-0.25, -0.2) is 4.98 Å². The zero-order valence-corrected chi connectivity index (χ0v) is 9.19. The molecule has 1 N–H and O–H groups in total. The number of nitrogens with zero attached hydrogens (tertiary/aromatic N) is 1. The molecular weight excluding hydrogens is 204 g/mol. The molecule has 16 heavy (non-hydrogen) atoms. The largest absolute Gasteiger partial charge is 0.493 e. The van der Waals surface area contributed by atoms with Gasteiger partial charge in [0.05, 0.1) is 13.2 Å². The number of benzene rings is 1. The van der Waals surface area contributed by atoms with Crippen LogP contribution in [0.3, 0.4) is 0 Å². The molecule has 1 aliphatic rings. The summed E-state index contributed by atoms with van der Waals surface area (Å²) < 4.78 is 11.0. The van der Waals surface area contributed by atoms with Crippen molar-refractivity contribution in [3.8, 4) is 5.75 Å². The highest BCUT2D eigenvalue weighted by Crippen LogP contribution is 2.30. The normalized spacial score (nSPS) is 20.4. The van der Waals surface area contributed by atoms with Crippen LogP contribution < -0.4 is 10.1 Å². The summed E-state index contributed by atoms with van der Waals surface area (Å²) in [5.74, 6) is 1.52. The van der Waals surface area contributed by atoms with Gasteiger partial charge in [0.15, 0.2) is 11.3 Å². The van der Waals surface area contributed by atoms with Crippen LogP contribution in [0.1, 0.15) is 24.8 Å². The number of para-hydroxylation sites is 1. The molecule has 4 heteroatoms. The van der Waals surface area contributed by atoms with Crippen molar-refractivity contribution >= 4 is 11.1 Å². The minimum atomic E-state index is 0.261. The van der Waals surface area contributed by atoms with Gasteiger partial charge in [-0.15, -0.1) is 0 Å². The Morgan fingerprint density at radius 3 is 3.19 bits per heavy atom. The van der Waals surface area contributed by atoms with Crippen LogP contribution in [-0.2, 0) is 0 Å². The highest BCUT2D eigenvalue weighted by molar-refractivity contribution is 5.79. The molecule has 1 aromatic heterocycles. The number of hydrogen-bond acceptors (Lipinski definition) is 4. The molecule has 2 heterocycles. The van der Waals surface area contributed by atoms with Crippen LogP contribution in [0.5, 0.6) is 5.75 Å². The quantitative estimate of drug-likeness (QED) is 0.839. The second-order valence-electron chi connectivity index (χ2n) is 4.01. The molecule has 1 fully saturated rings. The molecule has 1 aromatic carbocycles. The van der Waals surface area contributed by atoms with Crippen molar-refractivity contribution in [1.82, 2.24) is 10.3 Å². The van der Waals surface area contributed by atoms with E-state index in [0.29, 0.717) is 0 Å². The van der Waals surface area contributed by atoms with Crippen molar-refractivity contribution in [2.24, 2.45) is 0 Å². The molecular formula is C12H14N2O2. The first-order valence-electron chi connectivity index (χ1n) is 5.55. The second-order valence-corrected chi connectivity index (χ2v) is 4.01. The van der Waals surface area contributed by atoms with Crippen molar-refractivity contribution in [2.75, 3.05) is 13.7 Å². The minimum Gasteiger partial charge on any atom is -0.493 e. The lowest BCUT2D eigenvalue weighted by Gasteiger charge is -2.03. The molecule has 1 unspecified atom stereocenters. The van der Waals surface area contributed by atoms with E-state index in [1.54, 1.807) is 7.11 Å². The van der Waals surface area contributed by atoms with Gasteiger partial charge in [-0.2, -0.15) is 0 Å². The van der Waals surface area contributed by atoms with Crippen LogP contribution in [0.15, 0.2) is 22.6 Å². The van der Waals surface area contributed by atoms with Gasteiger partial charge in [-0.1, -0.05) is 6.07 Å². The van der Waals surface area contributed by atoms with E-state index in [1.807, 2.05) is 18.2 Å². The highest BCUT2D eigenvalue weighted by atomic mass is 16.5. The lowest BCUT2D eigenvalue weighted by atomic mass is 10.2. The SMILES string of the molecule is COc1cccc2nc(C3CCCN3)oc12. The molecule has 0 amide bonds. The van der Waals surface area contributed by atoms with E-state index in [0.717, 1.165) is 35.7 Å². The second kappa shape index (κ2) is 3.79. The number of aromatic nitrogens is 1. The lowest BCUT2D eigenvalue weighted by molar-refractivity contribution is 0.399. The number of methoxy groups -OCH3 is 1. The Labute approximate surface area is 93.6 Å². The minimum absolute atomic E-state index is 0.261. The molecule has 0 aliphatic carbocycles. The maximum atomic E-state index is 5.78. The molecule has 1 saturated heterocycles. The van der Waals surface area contributed by atoms with E-state index in [1.165, 1.54) is 6.42 Å². The van der Waals surface area contributed by atoms with Gasteiger partial charge in [0.1, 0.15) is 5.52 Å². The zero-order valence-electron chi connectivity index (χ0n) is 9.19. The molecule has 1 aliphatic heterocycles. The third kappa shape index (κ3) is 1.46. The van der Waals surface area contributed by atoms with E-state index in [-0.39, 0.29) is 6.04 Å². The topological polar surface area (TPSA) is 47.3 Å². The summed E-state index contributed by atoms with van der Waals surface area (Å²) in [7, 11) is 1.64. The Morgan fingerprint density at radius 2 is 2.44 bits per heavy atom. The molecule has 0 spiro atoms. The van der Waals surface area contributed by atoms with Gasteiger partial charge in [0, 0.05) is 0 Å². The summed E-state index contributed by atoms with van der Waals surface area (Å²) >= 11 is 0. The highest BCUT2D eigenvalue weighted by Gasteiger charge is 2.22. The van der Waals surface area contributed by atoms with Crippen molar-refractivity contribution in [1.29, 1.82) is 0 Å². The summed E-state index contributed by atoms with van der Waals surface area (Å²) in [5.41, 5.74) is 1.61. The Morgan fingerprint density at radius 1 is 1.50 bits per heavy atom. The van der Waals surface area contributed by atoms with E-state index in [9.17, 15) is 0 Å².